The van der Waals surface area contributed by atoms with Crippen molar-refractivity contribution in [3.8, 4) is 0 Å². The van der Waals surface area contributed by atoms with Gasteiger partial charge in [0.05, 0.1) is 12.4 Å². The maximum absolute atomic E-state index is 3.36. The summed E-state index contributed by atoms with van der Waals surface area (Å²) in [5.41, 5.74) is 0. The van der Waals surface area contributed by atoms with E-state index in [1.807, 2.05) is 0 Å². The number of hydrogen-bond donors (Lipinski definition) is 0. The first-order valence-corrected chi connectivity index (χ1v) is 1.88. The van der Waals surface area contributed by atoms with Crippen LogP contribution in [0.25, 0.3) is 0 Å². The third-order valence-electron chi connectivity index (χ3n) is 0.363. The first-order valence-electron chi connectivity index (χ1n) is 1.88. The van der Waals surface area contributed by atoms with Crippen LogP contribution in [-0.4, -0.2) is 25.9 Å². The minimum atomic E-state index is 1.36. The van der Waals surface area contributed by atoms with Crippen LogP contribution >= 0.6 is 0 Å². The van der Waals surface area contributed by atoms with Gasteiger partial charge in [-0.15, -0.1) is 0 Å². The van der Waals surface area contributed by atoms with Gasteiger partial charge in [0.25, 0.3) is 0 Å². The van der Waals surface area contributed by atoms with Crippen molar-refractivity contribution in [3.63, 3.8) is 0 Å². The molecule has 0 fully saturated rings. The Morgan fingerprint density at radius 3 is 1.50 bits per heavy atom. The Balaban J connectivity index is 3.41. The van der Waals surface area contributed by atoms with Gasteiger partial charge in [-0.25, -0.2) is 0 Å². The van der Waals surface area contributed by atoms with Crippen LogP contribution in [0.15, 0.2) is 20.4 Å². The zero-order valence-electron chi connectivity index (χ0n) is 4.36. The maximum atomic E-state index is 3.36. The van der Waals surface area contributed by atoms with Crippen molar-refractivity contribution in [2.24, 2.45) is 20.4 Å². The summed E-state index contributed by atoms with van der Waals surface area (Å²) in [6.45, 7) is 6.20. The van der Waals surface area contributed by atoms with E-state index in [4.69, 9.17) is 0 Å². The van der Waals surface area contributed by atoms with Crippen molar-refractivity contribution >= 4 is 25.9 Å². The highest BCUT2D eigenvalue weighted by atomic mass is 15.2. The Bertz CT molecular complexity index is 108. The standard InChI is InChI=1S/C4H6N4/c1-5-7-3-4-8-6-2/h3-4H,1-2H2/b7-3+,8-4+. The fourth-order valence-electron chi connectivity index (χ4n) is 0.154. The second-order valence-corrected chi connectivity index (χ2v) is 0.812. The summed E-state index contributed by atoms with van der Waals surface area (Å²) in [6, 6.07) is 0. The summed E-state index contributed by atoms with van der Waals surface area (Å²) in [6.07, 6.45) is 2.73. The average Bonchev–Trinajstić information content (AvgIpc) is 1.81. The lowest BCUT2D eigenvalue weighted by Gasteiger charge is -1.67. The highest BCUT2D eigenvalue weighted by Crippen LogP contribution is 1.61. The predicted molar refractivity (Wildman–Crippen MR) is 36.1 cm³/mol. The van der Waals surface area contributed by atoms with E-state index >= 15 is 0 Å². The van der Waals surface area contributed by atoms with Crippen molar-refractivity contribution in [2.45, 2.75) is 0 Å². The molecule has 42 valence electrons. The van der Waals surface area contributed by atoms with Gasteiger partial charge in [-0.2, -0.15) is 20.4 Å². The van der Waals surface area contributed by atoms with Crippen molar-refractivity contribution < 1.29 is 0 Å². The summed E-state index contributed by atoms with van der Waals surface area (Å²) in [5, 5.41) is 13.1. The average molecular weight is 110 g/mol. The van der Waals surface area contributed by atoms with Gasteiger partial charge in [0.2, 0.25) is 0 Å². The van der Waals surface area contributed by atoms with Gasteiger partial charge < -0.3 is 0 Å². The fourth-order valence-corrected chi connectivity index (χ4v) is 0.154. The van der Waals surface area contributed by atoms with Gasteiger partial charge in [0.15, 0.2) is 0 Å². The Labute approximate surface area is 47.4 Å². The monoisotopic (exact) mass is 110 g/mol. The van der Waals surface area contributed by atoms with E-state index < -0.39 is 0 Å². The molecule has 4 heteroatoms. The van der Waals surface area contributed by atoms with E-state index in [0.717, 1.165) is 0 Å². The molecule has 0 saturated heterocycles. The third kappa shape index (κ3) is 4.68. The van der Waals surface area contributed by atoms with Crippen molar-refractivity contribution in [2.75, 3.05) is 0 Å². The van der Waals surface area contributed by atoms with E-state index in [-0.39, 0.29) is 0 Å². The molecular weight excluding hydrogens is 104 g/mol. The van der Waals surface area contributed by atoms with Crippen LogP contribution < -0.4 is 0 Å². The molecule has 0 radical (unpaired) electrons. The normalized spacial score (nSPS) is 10.5. The van der Waals surface area contributed by atoms with Crippen LogP contribution in [0, 0.1) is 0 Å². The van der Waals surface area contributed by atoms with E-state index in [1.54, 1.807) is 0 Å². The second kappa shape index (κ2) is 5.68. The molecule has 0 unspecified atom stereocenters. The quantitative estimate of drug-likeness (QED) is 0.372. The van der Waals surface area contributed by atoms with Gasteiger partial charge in [-0.1, -0.05) is 0 Å². The minimum Gasteiger partial charge on any atom is -0.167 e. The van der Waals surface area contributed by atoms with Crippen LogP contribution in [0.2, 0.25) is 0 Å². The molecule has 0 spiro atoms. The first-order chi connectivity index (χ1) is 3.91. The molecule has 0 aromatic heterocycles. The highest BCUT2D eigenvalue weighted by molar-refractivity contribution is 6.15. The van der Waals surface area contributed by atoms with Gasteiger partial charge >= 0.3 is 0 Å². The minimum absolute atomic E-state index is 1.36. The molecule has 0 aromatic rings. The van der Waals surface area contributed by atoms with Gasteiger partial charge in [0, 0.05) is 13.4 Å². The summed E-state index contributed by atoms with van der Waals surface area (Å²) in [7, 11) is 0. The molecule has 4 nitrogen and oxygen atoms in total. The number of nitrogens with zero attached hydrogens (tertiary/aromatic N) is 4. The lowest BCUT2D eigenvalue weighted by molar-refractivity contribution is 1.27. The van der Waals surface area contributed by atoms with E-state index in [9.17, 15) is 0 Å². The van der Waals surface area contributed by atoms with Gasteiger partial charge in [-0.3, -0.25) is 0 Å². The van der Waals surface area contributed by atoms with E-state index in [0.29, 0.717) is 0 Å². The molecule has 0 heterocycles. The van der Waals surface area contributed by atoms with Gasteiger partial charge in [-0.05, 0) is 0 Å². The molecule has 0 aliphatic heterocycles. The fraction of sp³-hybridized carbons (Fsp3) is 0. The zero-order chi connectivity index (χ0) is 6.24. The molecule has 0 amide bonds. The predicted octanol–water partition coefficient (Wildman–Crippen LogP) is 0.359. The topological polar surface area (TPSA) is 49.4 Å². The molecule has 0 N–H and O–H groups in total. The van der Waals surface area contributed by atoms with Crippen molar-refractivity contribution in [3.05, 3.63) is 0 Å². The lowest BCUT2D eigenvalue weighted by Crippen LogP contribution is -1.69. The molecule has 0 bridgehead atoms. The maximum Gasteiger partial charge on any atom is 0.0697 e. The molecule has 8 heavy (non-hydrogen) atoms. The highest BCUT2D eigenvalue weighted by Gasteiger charge is 1.57. The second-order valence-electron chi connectivity index (χ2n) is 0.812. The molecular formula is C4H6N4. The van der Waals surface area contributed by atoms with Crippen LogP contribution in [-0.2, 0) is 0 Å². The van der Waals surface area contributed by atoms with E-state index in [2.05, 4.69) is 33.8 Å². The molecule has 0 aliphatic carbocycles. The smallest absolute Gasteiger partial charge is 0.0697 e. The van der Waals surface area contributed by atoms with Crippen LogP contribution in [0.1, 0.15) is 0 Å². The summed E-state index contributed by atoms with van der Waals surface area (Å²) in [4.78, 5) is 0. The summed E-state index contributed by atoms with van der Waals surface area (Å²) < 4.78 is 0. The van der Waals surface area contributed by atoms with Crippen LogP contribution in [0.3, 0.4) is 0 Å². The van der Waals surface area contributed by atoms with Gasteiger partial charge in [0.1, 0.15) is 0 Å². The van der Waals surface area contributed by atoms with Crippen LogP contribution in [0.5, 0.6) is 0 Å². The lowest BCUT2D eigenvalue weighted by atomic mass is 10.8. The Kier molecular flexibility index (Phi) is 4.74. The molecule has 0 saturated carbocycles. The largest absolute Gasteiger partial charge is 0.167 e. The van der Waals surface area contributed by atoms with Crippen LogP contribution in [0.4, 0.5) is 0 Å². The molecule has 0 aliphatic rings. The molecule has 0 aromatic carbocycles. The molecule has 0 atom stereocenters. The van der Waals surface area contributed by atoms with E-state index in [1.165, 1.54) is 12.4 Å². The zero-order valence-corrected chi connectivity index (χ0v) is 4.36. The number of rotatable bonds is 3. The Hall–Kier alpha value is -1.32. The van der Waals surface area contributed by atoms with Crippen molar-refractivity contribution in [1.29, 1.82) is 0 Å². The summed E-state index contributed by atoms with van der Waals surface area (Å²) in [5.74, 6) is 0. The van der Waals surface area contributed by atoms with Crippen molar-refractivity contribution in [1.82, 2.24) is 0 Å². The Morgan fingerprint density at radius 2 is 1.25 bits per heavy atom. The summed E-state index contributed by atoms with van der Waals surface area (Å²) >= 11 is 0. The molecule has 0 rings (SSSR count). The first kappa shape index (κ1) is 6.68. The number of hydrogen-bond acceptors (Lipinski definition) is 4. The third-order valence-corrected chi connectivity index (χ3v) is 0.363. The Morgan fingerprint density at radius 1 is 0.875 bits per heavy atom. The SMILES string of the molecule is C=N/N=C/C=N/N=C.